The maximum absolute atomic E-state index is 13.1. The number of nitrogen functional groups attached to an aromatic ring is 1. The van der Waals surface area contributed by atoms with E-state index >= 15 is 0 Å². The van der Waals surface area contributed by atoms with Gasteiger partial charge in [0.2, 0.25) is 0 Å². The average molecular weight is 364 g/mol. The van der Waals surface area contributed by atoms with Crippen LogP contribution in [0.2, 0.25) is 0 Å². The summed E-state index contributed by atoms with van der Waals surface area (Å²) in [4.78, 5) is 21.6. The second kappa shape index (κ2) is 7.80. The van der Waals surface area contributed by atoms with Gasteiger partial charge in [0.1, 0.15) is 0 Å². The molecule has 0 aliphatic carbocycles. The molecule has 1 fully saturated rings. The van der Waals surface area contributed by atoms with Crippen molar-refractivity contribution in [3.63, 3.8) is 0 Å². The molecule has 6 heteroatoms. The molecule has 2 aliphatic heterocycles. The van der Waals surface area contributed by atoms with Crippen molar-refractivity contribution in [3.05, 3.63) is 54.0 Å². The zero-order valence-corrected chi connectivity index (χ0v) is 15.3. The van der Waals surface area contributed by atoms with E-state index in [4.69, 9.17) is 10.5 Å². The number of ether oxygens (including phenoxy) is 1. The molecular weight excluding hydrogens is 340 g/mol. The number of likely N-dealkylation sites (tertiary alicyclic amines) is 1. The fraction of sp³-hybridized carbons (Fsp3) is 0.333. The molecule has 1 aromatic heterocycles. The van der Waals surface area contributed by atoms with Gasteiger partial charge in [-0.05, 0) is 56.3 Å². The van der Waals surface area contributed by atoms with E-state index < -0.39 is 0 Å². The molecule has 1 saturated heterocycles. The minimum absolute atomic E-state index is 0.157. The Balaban J connectivity index is 1.61. The Bertz CT molecular complexity index is 845. The summed E-state index contributed by atoms with van der Waals surface area (Å²) in [5.41, 5.74) is 8.00. The van der Waals surface area contributed by atoms with Crippen molar-refractivity contribution in [2.45, 2.75) is 19.3 Å². The number of carbonyl (C=O) groups excluding carboxylic acids is 1. The molecule has 2 N–H and O–H groups in total. The number of benzene rings is 1. The standard InChI is InChI=1S/C21H24N4O2/c22-16-7-8-19-18(14-16)25(13-12-24-10-4-1-5-11-24)21(26)20(27-19)15-17-6-2-3-9-23-17/h2-3,6-9,14-15H,1,4-5,10-13,22H2/b20-15+. The molecule has 0 bridgehead atoms. The van der Waals surface area contributed by atoms with Gasteiger partial charge in [0.25, 0.3) is 5.91 Å². The molecule has 1 aromatic carbocycles. The van der Waals surface area contributed by atoms with Crippen molar-refractivity contribution in [1.29, 1.82) is 0 Å². The highest BCUT2D eigenvalue weighted by Gasteiger charge is 2.31. The molecule has 2 aromatic rings. The van der Waals surface area contributed by atoms with E-state index in [-0.39, 0.29) is 11.7 Å². The van der Waals surface area contributed by atoms with Gasteiger partial charge in [-0.25, -0.2) is 0 Å². The van der Waals surface area contributed by atoms with E-state index in [0.717, 1.165) is 25.3 Å². The number of nitrogens with zero attached hydrogens (tertiary/aromatic N) is 3. The quantitative estimate of drug-likeness (QED) is 0.667. The predicted molar refractivity (Wildman–Crippen MR) is 106 cm³/mol. The maximum Gasteiger partial charge on any atom is 0.294 e. The van der Waals surface area contributed by atoms with Crippen LogP contribution in [0.15, 0.2) is 48.4 Å². The van der Waals surface area contributed by atoms with Crippen molar-refractivity contribution in [1.82, 2.24) is 9.88 Å². The van der Waals surface area contributed by atoms with Gasteiger partial charge >= 0.3 is 0 Å². The summed E-state index contributed by atoms with van der Waals surface area (Å²) >= 11 is 0. The Morgan fingerprint density at radius 2 is 1.96 bits per heavy atom. The summed E-state index contributed by atoms with van der Waals surface area (Å²) in [6.45, 7) is 3.65. The van der Waals surface area contributed by atoms with Gasteiger partial charge in [-0.3, -0.25) is 9.78 Å². The van der Waals surface area contributed by atoms with E-state index in [1.807, 2.05) is 24.3 Å². The molecule has 0 atom stereocenters. The van der Waals surface area contributed by atoms with Crippen LogP contribution in [0.1, 0.15) is 25.0 Å². The average Bonchev–Trinajstić information content (AvgIpc) is 2.70. The molecule has 0 saturated carbocycles. The van der Waals surface area contributed by atoms with Gasteiger partial charge in [-0.1, -0.05) is 12.5 Å². The third kappa shape index (κ3) is 3.95. The molecule has 0 unspecified atom stereocenters. The van der Waals surface area contributed by atoms with Crippen LogP contribution in [0.4, 0.5) is 11.4 Å². The van der Waals surface area contributed by atoms with Crippen LogP contribution in [-0.4, -0.2) is 42.0 Å². The number of carbonyl (C=O) groups is 1. The number of aromatic nitrogens is 1. The highest BCUT2D eigenvalue weighted by molar-refractivity contribution is 6.10. The van der Waals surface area contributed by atoms with Crippen LogP contribution in [0.25, 0.3) is 6.08 Å². The van der Waals surface area contributed by atoms with Gasteiger partial charge in [-0.2, -0.15) is 0 Å². The summed E-state index contributed by atoms with van der Waals surface area (Å²) in [6, 6.07) is 11.0. The van der Waals surface area contributed by atoms with Crippen molar-refractivity contribution in [2.75, 3.05) is 36.8 Å². The number of amides is 1. The van der Waals surface area contributed by atoms with Crippen LogP contribution >= 0.6 is 0 Å². The lowest BCUT2D eigenvalue weighted by Gasteiger charge is -2.33. The van der Waals surface area contributed by atoms with E-state index in [0.29, 0.717) is 23.7 Å². The van der Waals surface area contributed by atoms with E-state index in [2.05, 4.69) is 9.88 Å². The van der Waals surface area contributed by atoms with Gasteiger partial charge in [0, 0.05) is 31.0 Å². The largest absolute Gasteiger partial charge is 0.449 e. The van der Waals surface area contributed by atoms with E-state index in [9.17, 15) is 4.79 Å². The summed E-state index contributed by atoms with van der Waals surface area (Å²) in [6.07, 6.45) is 7.14. The number of anilines is 2. The summed E-state index contributed by atoms with van der Waals surface area (Å²) in [5, 5.41) is 0. The number of hydrogen-bond donors (Lipinski definition) is 1. The first-order valence-electron chi connectivity index (χ1n) is 9.45. The van der Waals surface area contributed by atoms with Gasteiger partial charge < -0.3 is 20.3 Å². The van der Waals surface area contributed by atoms with Gasteiger partial charge in [0.15, 0.2) is 11.5 Å². The van der Waals surface area contributed by atoms with E-state index in [1.165, 1.54) is 19.3 Å². The first-order valence-corrected chi connectivity index (χ1v) is 9.45. The molecule has 0 radical (unpaired) electrons. The highest BCUT2D eigenvalue weighted by Crippen LogP contribution is 2.37. The minimum atomic E-state index is -0.157. The van der Waals surface area contributed by atoms with Crippen molar-refractivity contribution in [2.24, 2.45) is 0 Å². The number of rotatable bonds is 4. The molecule has 3 heterocycles. The maximum atomic E-state index is 13.1. The minimum Gasteiger partial charge on any atom is -0.449 e. The van der Waals surface area contributed by atoms with Crippen LogP contribution in [0.3, 0.4) is 0 Å². The fourth-order valence-corrected chi connectivity index (χ4v) is 3.57. The fourth-order valence-electron chi connectivity index (χ4n) is 3.57. The summed E-state index contributed by atoms with van der Waals surface area (Å²) in [7, 11) is 0. The topological polar surface area (TPSA) is 71.7 Å². The van der Waals surface area contributed by atoms with Crippen molar-refractivity contribution in [3.8, 4) is 5.75 Å². The molecular formula is C21H24N4O2. The molecule has 27 heavy (non-hydrogen) atoms. The van der Waals surface area contributed by atoms with Crippen LogP contribution in [0.5, 0.6) is 5.75 Å². The second-order valence-electron chi connectivity index (χ2n) is 6.95. The lowest BCUT2D eigenvalue weighted by atomic mass is 10.1. The first-order chi connectivity index (χ1) is 13.2. The molecule has 1 amide bonds. The third-order valence-corrected chi connectivity index (χ3v) is 5.00. The van der Waals surface area contributed by atoms with Crippen molar-refractivity contribution < 1.29 is 9.53 Å². The zero-order chi connectivity index (χ0) is 18.6. The van der Waals surface area contributed by atoms with E-state index in [1.54, 1.807) is 29.3 Å². The van der Waals surface area contributed by atoms with Gasteiger partial charge in [0.05, 0.1) is 11.4 Å². The second-order valence-corrected chi connectivity index (χ2v) is 6.95. The third-order valence-electron chi connectivity index (χ3n) is 5.00. The van der Waals surface area contributed by atoms with Crippen LogP contribution in [0, 0.1) is 0 Å². The lowest BCUT2D eigenvalue weighted by Crippen LogP contribution is -2.43. The summed E-state index contributed by atoms with van der Waals surface area (Å²) in [5.74, 6) is 0.769. The number of hydrogen-bond acceptors (Lipinski definition) is 5. The van der Waals surface area contributed by atoms with Crippen LogP contribution in [-0.2, 0) is 4.79 Å². The number of pyridine rings is 1. The molecule has 140 valence electrons. The number of fused-ring (bicyclic) bond motifs is 1. The normalized spacial score (nSPS) is 19.0. The summed E-state index contributed by atoms with van der Waals surface area (Å²) < 4.78 is 5.89. The lowest BCUT2D eigenvalue weighted by molar-refractivity contribution is -0.117. The monoisotopic (exact) mass is 364 g/mol. The highest BCUT2D eigenvalue weighted by atomic mass is 16.5. The Labute approximate surface area is 159 Å². The Kier molecular flexibility index (Phi) is 5.07. The molecule has 2 aliphatic rings. The first kappa shape index (κ1) is 17.5. The van der Waals surface area contributed by atoms with Gasteiger partial charge in [-0.15, -0.1) is 0 Å². The SMILES string of the molecule is Nc1ccc2c(c1)N(CCN1CCCCC1)C(=O)/C(=C\c1ccccn1)O2. The molecule has 4 rings (SSSR count). The predicted octanol–water partition coefficient (Wildman–Crippen LogP) is 2.92. The zero-order valence-electron chi connectivity index (χ0n) is 15.3. The number of piperidine rings is 1. The Morgan fingerprint density at radius 3 is 2.74 bits per heavy atom. The number of nitrogens with two attached hydrogens (primary N) is 1. The smallest absolute Gasteiger partial charge is 0.294 e. The van der Waals surface area contributed by atoms with Crippen molar-refractivity contribution >= 4 is 23.4 Å². The van der Waals surface area contributed by atoms with Crippen LogP contribution < -0.4 is 15.4 Å². The molecule has 6 nitrogen and oxygen atoms in total. The Morgan fingerprint density at radius 1 is 1.11 bits per heavy atom. The Hall–Kier alpha value is -2.86. The molecule has 0 spiro atoms.